The van der Waals surface area contributed by atoms with Crippen molar-refractivity contribution in [2.75, 3.05) is 5.32 Å². The summed E-state index contributed by atoms with van der Waals surface area (Å²) >= 11 is 0. The van der Waals surface area contributed by atoms with Crippen LogP contribution in [0.15, 0.2) is 18.5 Å². The molecule has 0 aromatic carbocycles. The van der Waals surface area contributed by atoms with Gasteiger partial charge in [0.2, 0.25) is 5.91 Å². The van der Waals surface area contributed by atoms with Crippen molar-refractivity contribution < 1.29 is 18.7 Å². The van der Waals surface area contributed by atoms with Crippen LogP contribution in [-0.4, -0.2) is 32.9 Å². The third-order valence-electron chi connectivity index (χ3n) is 5.91. The number of aryl methyl sites for hydroxylation is 1. The molecule has 1 aliphatic carbocycles. The Kier molecular flexibility index (Phi) is 5.96. The van der Waals surface area contributed by atoms with Crippen LogP contribution in [0.25, 0.3) is 11.1 Å². The molecule has 9 heteroatoms. The van der Waals surface area contributed by atoms with Gasteiger partial charge in [-0.1, -0.05) is 6.42 Å². The molecular formula is C21H26FN5O3. The van der Waals surface area contributed by atoms with Gasteiger partial charge in [-0.05, 0) is 51.0 Å². The Morgan fingerprint density at radius 2 is 2.03 bits per heavy atom. The number of carbonyl (C=O) groups excluding carboxylic acids is 2. The highest BCUT2D eigenvalue weighted by molar-refractivity contribution is 5.92. The van der Waals surface area contributed by atoms with E-state index in [1.54, 1.807) is 12.3 Å². The highest BCUT2D eigenvalue weighted by Gasteiger charge is 2.29. The van der Waals surface area contributed by atoms with Crippen molar-refractivity contribution in [1.29, 1.82) is 0 Å². The number of hydrogen-bond donors (Lipinski definition) is 2. The first-order valence-electron chi connectivity index (χ1n) is 10.5. The summed E-state index contributed by atoms with van der Waals surface area (Å²) < 4.78 is 21.6. The zero-order valence-electron chi connectivity index (χ0n) is 16.8. The average molecular weight is 415 g/mol. The number of carbonyl (C=O) groups is 2. The first-order valence-corrected chi connectivity index (χ1v) is 10.5. The van der Waals surface area contributed by atoms with Gasteiger partial charge >= 0.3 is 6.09 Å². The minimum Gasteiger partial charge on any atom is -0.446 e. The molecule has 0 bridgehead atoms. The highest BCUT2D eigenvalue weighted by atomic mass is 19.1. The normalized spacial score (nSPS) is 21.4. The van der Waals surface area contributed by atoms with E-state index in [1.807, 2.05) is 4.68 Å². The van der Waals surface area contributed by atoms with E-state index < -0.39 is 11.9 Å². The van der Waals surface area contributed by atoms with Gasteiger partial charge in [0, 0.05) is 29.3 Å². The van der Waals surface area contributed by atoms with Crippen LogP contribution in [0.5, 0.6) is 0 Å². The molecule has 2 aromatic rings. The molecule has 160 valence electrons. The summed E-state index contributed by atoms with van der Waals surface area (Å²) in [4.78, 5) is 27.8. The van der Waals surface area contributed by atoms with Crippen LogP contribution in [0.3, 0.4) is 0 Å². The predicted molar refractivity (Wildman–Crippen MR) is 108 cm³/mol. The Morgan fingerprint density at radius 1 is 1.17 bits per heavy atom. The van der Waals surface area contributed by atoms with E-state index in [9.17, 15) is 14.0 Å². The predicted octanol–water partition coefficient (Wildman–Crippen LogP) is 3.40. The maximum Gasteiger partial charge on any atom is 0.404 e. The lowest BCUT2D eigenvalue weighted by molar-refractivity contribution is -0.122. The summed E-state index contributed by atoms with van der Waals surface area (Å²) in [6, 6.07) is 1.57. The lowest BCUT2D eigenvalue weighted by Gasteiger charge is -2.27. The van der Waals surface area contributed by atoms with Gasteiger partial charge in [-0.25, -0.2) is 14.2 Å². The van der Waals surface area contributed by atoms with Gasteiger partial charge in [-0.2, -0.15) is 5.10 Å². The van der Waals surface area contributed by atoms with E-state index in [0.29, 0.717) is 30.6 Å². The van der Waals surface area contributed by atoms with Crippen LogP contribution in [0.2, 0.25) is 0 Å². The van der Waals surface area contributed by atoms with Crippen molar-refractivity contribution in [3.05, 3.63) is 30.0 Å². The number of ether oxygens (including phenoxy) is 1. The van der Waals surface area contributed by atoms with E-state index in [4.69, 9.17) is 10.5 Å². The number of amides is 2. The van der Waals surface area contributed by atoms with Gasteiger partial charge in [0.05, 0.1) is 12.4 Å². The molecule has 1 fully saturated rings. The van der Waals surface area contributed by atoms with E-state index in [1.165, 1.54) is 0 Å². The molecule has 0 unspecified atom stereocenters. The molecule has 4 rings (SSSR count). The second-order valence-corrected chi connectivity index (χ2v) is 8.00. The molecule has 2 aliphatic rings. The lowest BCUT2D eigenvalue weighted by Crippen LogP contribution is -2.33. The minimum atomic E-state index is -0.828. The number of aromatic nitrogens is 3. The summed E-state index contributed by atoms with van der Waals surface area (Å²) in [5.41, 5.74) is 7.25. The van der Waals surface area contributed by atoms with Gasteiger partial charge in [0.1, 0.15) is 17.7 Å². The van der Waals surface area contributed by atoms with Crippen LogP contribution >= 0.6 is 0 Å². The number of fused-ring (bicyclic) bond motifs is 1. The Hall–Kier alpha value is -2.97. The molecule has 0 saturated heterocycles. The van der Waals surface area contributed by atoms with E-state index >= 15 is 0 Å². The van der Waals surface area contributed by atoms with E-state index in [0.717, 1.165) is 56.1 Å². The summed E-state index contributed by atoms with van der Waals surface area (Å²) in [5, 5.41) is 7.21. The van der Waals surface area contributed by atoms with Crippen molar-refractivity contribution in [3.8, 4) is 11.1 Å². The summed E-state index contributed by atoms with van der Waals surface area (Å²) in [6.07, 6.45) is 8.30. The van der Waals surface area contributed by atoms with Crippen molar-refractivity contribution in [1.82, 2.24) is 14.8 Å². The first-order chi connectivity index (χ1) is 14.5. The molecule has 3 heterocycles. The van der Waals surface area contributed by atoms with E-state index in [-0.39, 0.29) is 17.9 Å². The number of halogens is 1. The Bertz CT molecular complexity index is 945. The third-order valence-corrected chi connectivity index (χ3v) is 5.91. The average Bonchev–Trinajstić information content (AvgIpc) is 2.96. The smallest absolute Gasteiger partial charge is 0.404 e. The number of rotatable bonds is 4. The standard InChI is InChI=1S/C21H26FN5O3/c22-17-12-24-19(26-20(28)13-5-4-6-14(9-13)30-21(23)29)10-15(17)16-11-25-27-8-3-1-2-7-18(16)27/h10-14H,1-9H2,(H2,23,29)(H,24,26,28)/t13-,14+/m0/s1. The number of nitrogens with zero attached hydrogens (tertiary/aromatic N) is 3. The van der Waals surface area contributed by atoms with Gasteiger partial charge in [0.15, 0.2) is 0 Å². The Morgan fingerprint density at radius 3 is 2.87 bits per heavy atom. The Balaban J connectivity index is 1.51. The maximum absolute atomic E-state index is 14.6. The van der Waals surface area contributed by atoms with Gasteiger partial charge in [-0.15, -0.1) is 0 Å². The van der Waals surface area contributed by atoms with Gasteiger partial charge < -0.3 is 15.8 Å². The maximum atomic E-state index is 14.6. The molecule has 30 heavy (non-hydrogen) atoms. The molecule has 1 saturated carbocycles. The zero-order chi connectivity index (χ0) is 21.1. The SMILES string of the molecule is NC(=O)O[C@@H]1CCC[C@H](C(=O)Nc2cc(-c3cnn4c3CCCCC4)c(F)cn2)C1. The van der Waals surface area contributed by atoms with Crippen LogP contribution in [0.1, 0.15) is 50.6 Å². The number of anilines is 1. The number of pyridine rings is 1. The second-order valence-electron chi connectivity index (χ2n) is 8.00. The summed E-state index contributed by atoms with van der Waals surface area (Å²) in [6.45, 7) is 0.835. The second kappa shape index (κ2) is 8.81. The molecule has 1 aliphatic heterocycles. The summed E-state index contributed by atoms with van der Waals surface area (Å²) in [5.74, 6) is -0.680. The first kappa shape index (κ1) is 20.3. The zero-order valence-corrected chi connectivity index (χ0v) is 16.8. The van der Waals surface area contributed by atoms with E-state index in [2.05, 4.69) is 15.4 Å². The molecule has 0 spiro atoms. The number of primary amides is 1. The van der Waals surface area contributed by atoms with Crippen molar-refractivity contribution >= 4 is 17.8 Å². The number of nitrogens with two attached hydrogens (primary N) is 1. The summed E-state index contributed by atoms with van der Waals surface area (Å²) in [7, 11) is 0. The monoisotopic (exact) mass is 415 g/mol. The van der Waals surface area contributed by atoms with Crippen molar-refractivity contribution in [3.63, 3.8) is 0 Å². The largest absolute Gasteiger partial charge is 0.446 e. The number of hydrogen-bond acceptors (Lipinski definition) is 5. The fraction of sp³-hybridized carbons (Fsp3) is 0.524. The number of nitrogens with one attached hydrogen (secondary N) is 1. The fourth-order valence-electron chi connectivity index (χ4n) is 4.42. The van der Waals surface area contributed by atoms with Crippen LogP contribution in [0.4, 0.5) is 15.0 Å². The third kappa shape index (κ3) is 4.44. The molecule has 3 N–H and O–H groups in total. The molecular weight excluding hydrogens is 389 g/mol. The van der Waals surface area contributed by atoms with Crippen LogP contribution in [-0.2, 0) is 22.5 Å². The highest BCUT2D eigenvalue weighted by Crippen LogP contribution is 2.31. The quantitative estimate of drug-likeness (QED) is 0.795. The van der Waals surface area contributed by atoms with Crippen molar-refractivity contribution in [2.45, 2.75) is 64.0 Å². The van der Waals surface area contributed by atoms with Crippen LogP contribution < -0.4 is 11.1 Å². The van der Waals surface area contributed by atoms with Gasteiger partial charge in [-0.3, -0.25) is 9.48 Å². The van der Waals surface area contributed by atoms with Gasteiger partial charge in [0.25, 0.3) is 0 Å². The lowest BCUT2D eigenvalue weighted by atomic mass is 9.86. The minimum absolute atomic E-state index is 0.216. The van der Waals surface area contributed by atoms with Crippen molar-refractivity contribution in [2.24, 2.45) is 11.7 Å². The molecule has 0 radical (unpaired) electrons. The molecule has 2 aromatic heterocycles. The Labute approximate surface area is 174 Å². The fourth-order valence-corrected chi connectivity index (χ4v) is 4.42. The molecule has 8 nitrogen and oxygen atoms in total. The topological polar surface area (TPSA) is 112 Å². The molecule has 2 atom stereocenters. The molecule has 2 amide bonds. The van der Waals surface area contributed by atoms with Crippen LogP contribution in [0, 0.1) is 11.7 Å².